The molecule has 2 saturated heterocycles. The highest BCUT2D eigenvalue weighted by Gasteiger charge is 2.56. The Hall–Kier alpha value is -2.71. The van der Waals surface area contributed by atoms with E-state index in [0.717, 1.165) is 19.3 Å². The van der Waals surface area contributed by atoms with E-state index in [-0.39, 0.29) is 22.9 Å². The minimum absolute atomic E-state index is 0.107. The van der Waals surface area contributed by atoms with E-state index in [4.69, 9.17) is 16.9 Å². The topological polar surface area (TPSA) is 147 Å². The number of nitrogens with two attached hydrogens (primary N) is 1. The summed E-state index contributed by atoms with van der Waals surface area (Å²) in [6, 6.07) is 0. The summed E-state index contributed by atoms with van der Waals surface area (Å²) in [6.07, 6.45) is 7.19. The molecule has 154 valence electrons. The molecule has 10 heteroatoms. The SMILES string of the molecule is C#C[C@@]1(O)[C@H](O)[C@@H](CO)O[C@H]1n1cc(C(=O)N2CCCCC2)c2c(N)ncnc21. The normalized spacial score (nSPS) is 29.9. The number of carbonyl (C=O) groups excluding carboxylic acids is 1. The number of aromatic nitrogens is 3. The zero-order chi connectivity index (χ0) is 20.8. The first-order chi connectivity index (χ1) is 13.9. The van der Waals surface area contributed by atoms with Crippen LogP contribution in [0, 0.1) is 12.3 Å². The van der Waals surface area contributed by atoms with Gasteiger partial charge in [-0.2, -0.15) is 0 Å². The van der Waals surface area contributed by atoms with Gasteiger partial charge >= 0.3 is 0 Å². The van der Waals surface area contributed by atoms with Gasteiger partial charge in [0.05, 0.1) is 17.6 Å². The minimum atomic E-state index is -2.13. The predicted octanol–water partition coefficient (Wildman–Crippen LogP) is -0.745. The Bertz CT molecular complexity index is 979. The highest BCUT2D eigenvalue weighted by Crippen LogP contribution is 2.41. The van der Waals surface area contributed by atoms with Crippen LogP contribution in [0.15, 0.2) is 12.5 Å². The predicted molar refractivity (Wildman–Crippen MR) is 102 cm³/mol. The zero-order valence-electron chi connectivity index (χ0n) is 15.7. The van der Waals surface area contributed by atoms with Crippen molar-refractivity contribution in [2.75, 3.05) is 25.4 Å². The average molecular weight is 401 g/mol. The van der Waals surface area contributed by atoms with Crippen molar-refractivity contribution in [2.24, 2.45) is 0 Å². The number of piperidine rings is 1. The molecule has 4 heterocycles. The molecule has 0 radical (unpaired) electrons. The fraction of sp³-hybridized carbons (Fsp3) is 0.526. The molecular formula is C19H23N5O5. The molecule has 2 fully saturated rings. The van der Waals surface area contributed by atoms with E-state index in [1.807, 2.05) is 0 Å². The molecule has 4 atom stereocenters. The summed E-state index contributed by atoms with van der Waals surface area (Å²) >= 11 is 0. The van der Waals surface area contributed by atoms with Crippen LogP contribution in [0.5, 0.6) is 0 Å². The number of hydrogen-bond acceptors (Lipinski definition) is 8. The molecule has 0 saturated carbocycles. The fourth-order valence-electron chi connectivity index (χ4n) is 4.07. The number of anilines is 1. The summed E-state index contributed by atoms with van der Waals surface area (Å²) in [4.78, 5) is 23.1. The Morgan fingerprint density at radius 3 is 2.76 bits per heavy atom. The molecule has 0 aliphatic carbocycles. The number of nitrogens with zero attached hydrogens (tertiary/aromatic N) is 4. The van der Waals surface area contributed by atoms with Gasteiger partial charge in [-0.15, -0.1) is 6.42 Å². The van der Waals surface area contributed by atoms with Gasteiger partial charge in [0.15, 0.2) is 11.8 Å². The molecule has 2 aromatic heterocycles. The number of amides is 1. The van der Waals surface area contributed by atoms with E-state index in [9.17, 15) is 20.1 Å². The van der Waals surface area contributed by atoms with Crippen molar-refractivity contribution in [1.29, 1.82) is 0 Å². The number of aliphatic hydroxyl groups excluding tert-OH is 2. The van der Waals surface area contributed by atoms with Crippen molar-refractivity contribution in [1.82, 2.24) is 19.4 Å². The Morgan fingerprint density at radius 2 is 2.10 bits per heavy atom. The smallest absolute Gasteiger partial charge is 0.256 e. The maximum atomic E-state index is 13.2. The molecule has 2 aliphatic heterocycles. The molecular weight excluding hydrogens is 378 g/mol. The molecule has 10 nitrogen and oxygen atoms in total. The Labute approximate surface area is 166 Å². The maximum absolute atomic E-state index is 13.2. The van der Waals surface area contributed by atoms with Gasteiger partial charge in [-0.25, -0.2) is 9.97 Å². The van der Waals surface area contributed by atoms with Gasteiger partial charge in [0.25, 0.3) is 5.91 Å². The minimum Gasteiger partial charge on any atom is -0.394 e. The zero-order valence-corrected chi connectivity index (χ0v) is 15.7. The van der Waals surface area contributed by atoms with Crippen LogP contribution in [0.3, 0.4) is 0 Å². The van der Waals surface area contributed by atoms with E-state index in [1.54, 1.807) is 4.90 Å². The van der Waals surface area contributed by atoms with E-state index < -0.39 is 30.6 Å². The number of rotatable bonds is 3. The number of ether oxygens (including phenoxy) is 1. The monoisotopic (exact) mass is 401 g/mol. The maximum Gasteiger partial charge on any atom is 0.256 e. The molecule has 2 aromatic rings. The molecule has 5 N–H and O–H groups in total. The second kappa shape index (κ2) is 7.27. The molecule has 4 rings (SSSR count). The van der Waals surface area contributed by atoms with Crippen molar-refractivity contribution in [3.05, 3.63) is 18.1 Å². The number of nitrogen functional groups attached to an aromatic ring is 1. The van der Waals surface area contributed by atoms with Gasteiger partial charge in [0, 0.05) is 19.3 Å². The molecule has 0 spiro atoms. The number of hydrogen-bond donors (Lipinski definition) is 4. The highest BCUT2D eigenvalue weighted by molar-refractivity contribution is 6.09. The van der Waals surface area contributed by atoms with Crippen molar-refractivity contribution in [2.45, 2.75) is 43.3 Å². The lowest BCUT2D eigenvalue weighted by Crippen LogP contribution is -2.45. The largest absolute Gasteiger partial charge is 0.394 e. The van der Waals surface area contributed by atoms with Crippen LogP contribution in [0.25, 0.3) is 11.0 Å². The number of terminal acetylenes is 1. The highest BCUT2D eigenvalue weighted by atomic mass is 16.6. The third-order valence-electron chi connectivity index (χ3n) is 5.66. The van der Waals surface area contributed by atoms with Crippen LogP contribution in [0.1, 0.15) is 35.8 Å². The molecule has 2 aliphatic rings. The molecule has 0 bridgehead atoms. The lowest BCUT2D eigenvalue weighted by atomic mass is 9.95. The van der Waals surface area contributed by atoms with Crippen molar-refractivity contribution in [3.8, 4) is 12.3 Å². The molecule has 1 amide bonds. The van der Waals surface area contributed by atoms with E-state index in [0.29, 0.717) is 18.5 Å². The van der Waals surface area contributed by atoms with E-state index in [1.165, 1.54) is 17.1 Å². The summed E-state index contributed by atoms with van der Waals surface area (Å²) in [6.45, 7) is 0.731. The van der Waals surface area contributed by atoms with Crippen LogP contribution in [0.4, 0.5) is 5.82 Å². The first-order valence-electron chi connectivity index (χ1n) is 9.47. The van der Waals surface area contributed by atoms with Crippen LogP contribution < -0.4 is 5.73 Å². The molecule has 0 aromatic carbocycles. The first-order valence-corrected chi connectivity index (χ1v) is 9.47. The Kier molecular flexibility index (Phi) is 4.92. The summed E-state index contributed by atoms with van der Waals surface area (Å²) in [5.74, 6) is 2.04. The van der Waals surface area contributed by atoms with Gasteiger partial charge in [-0.3, -0.25) is 4.79 Å². The second-order valence-electron chi connectivity index (χ2n) is 7.38. The summed E-state index contributed by atoms with van der Waals surface area (Å²) in [5.41, 5.74) is 4.42. The van der Waals surface area contributed by atoms with Crippen molar-refractivity contribution in [3.63, 3.8) is 0 Å². The summed E-state index contributed by atoms with van der Waals surface area (Å²) < 4.78 is 7.02. The van der Waals surface area contributed by atoms with Crippen LogP contribution >= 0.6 is 0 Å². The number of likely N-dealkylation sites (tertiary alicyclic amines) is 1. The van der Waals surface area contributed by atoms with Crippen molar-refractivity contribution < 1.29 is 24.9 Å². The third kappa shape index (κ3) is 2.94. The van der Waals surface area contributed by atoms with Gasteiger partial charge in [0.2, 0.25) is 0 Å². The average Bonchev–Trinajstić information content (AvgIpc) is 3.25. The van der Waals surface area contributed by atoms with Crippen LogP contribution in [-0.2, 0) is 4.74 Å². The molecule has 29 heavy (non-hydrogen) atoms. The quantitative estimate of drug-likeness (QED) is 0.492. The summed E-state index contributed by atoms with van der Waals surface area (Å²) in [7, 11) is 0. The van der Waals surface area contributed by atoms with E-state index in [2.05, 4.69) is 15.9 Å². The number of carbonyl (C=O) groups is 1. The first kappa shape index (κ1) is 19.6. The Morgan fingerprint density at radius 1 is 1.38 bits per heavy atom. The lowest BCUT2D eigenvalue weighted by Gasteiger charge is -2.27. The van der Waals surface area contributed by atoms with Crippen molar-refractivity contribution >= 4 is 22.8 Å². The standard InChI is InChI=1S/C19H23N5O5/c1-2-19(28)14(26)12(9-25)29-18(19)24-8-11(13-15(20)21-10-22-16(13)24)17(27)23-6-4-3-5-7-23/h1,8,10,12,14,18,25-26,28H,3-7,9H2,(H2,20,21,22)/t12-,14-,18-,19-/m1/s1. The second-order valence-corrected chi connectivity index (χ2v) is 7.38. The van der Waals surface area contributed by atoms with Gasteiger partial charge < -0.3 is 35.3 Å². The lowest BCUT2D eigenvalue weighted by molar-refractivity contribution is -0.0718. The van der Waals surface area contributed by atoms with E-state index >= 15 is 0 Å². The summed E-state index contributed by atoms with van der Waals surface area (Å²) in [5, 5.41) is 31.1. The van der Waals surface area contributed by atoms with Gasteiger partial charge in [-0.05, 0) is 19.3 Å². The Balaban J connectivity index is 1.85. The molecule has 0 unspecified atom stereocenters. The fourth-order valence-corrected chi connectivity index (χ4v) is 4.07. The number of aliphatic hydroxyl groups is 3. The van der Waals surface area contributed by atoms with Gasteiger partial charge in [0.1, 0.15) is 30.0 Å². The van der Waals surface area contributed by atoms with Crippen LogP contribution in [-0.4, -0.2) is 78.2 Å². The van der Waals surface area contributed by atoms with Crippen LogP contribution in [0.2, 0.25) is 0 Å². The third-order valence-corrected chi connectivity index (χ3v) is 5.66. The number of fused-ring (bicyclic) bond motifs is 1. The van der Waals surface area contributed by atoms with Gasteiger partial charge in [-0.1, -0.05) is 5.92 Å².